The number of pyridine rings is 2. The minimum atomic E-state index is -1.10. The number of morpholine rings is 1. The molecule has 0 amide bonds. The molecule has 132 valence electrons. The van der Waals surface area contributed by atoms with Gasteiger partial charge in [0.05, 0.1) is 18.8 Å². The summed E-state index contributed by atoms with van der Waals surface area (Å²) in [6.45, 7) is 6.20. The molecule has 7 heteroatoms. The van der Waals surface area contributed by atoms with Crippen molar-refractivity contribution in [3.05, 3.63) is 41.6 Å². The molecule has 0 unspecified atom stereocenters. The van der Waals surface area contributed by atoms with E-state index in [1.807, 2.05) is 24.3 Å². The molecule has 25 heavy (non-hydrogen) atoms. The molecule has 0 saturated carbocycles. The average molecular weight is 341 g/mol. The van der Waals surface area contributed by atoms with E-state index in [-0.39, 0.29) is 0 Å². The third-order valence-corrected chi connectivity index (χ3v) is 4.09. The number of hydrogen-bond donors (Lipinski definition) is 3. The first-order valence-corrected chi connectivity index (χ1v) is 8.28. The molecule has 0 radical (unpaired) electrons. The molecule has 1 saturated heterocycles. The Bertz CT molecular complexity index is 737. The number of aromatic nitrogens is 2. The van der Waals surface area contributed by atoms with Crippen LogP contribution in [0.15, 0.2) is 30.5 Å². The lowest BCUT2D eigenvalue weighted by Gasteiger charge is -2.30. The number of nitrogens with zero attached hydrogens (tertiary/aromatic N) is 3. The Balaban J connectivity index is 2.08. The van der Waals surface area contributed by atoms with Gasteiger partial charge in [0, 0.05) is 31.1 Å². The SMILES string of the molecule is CC(C)(O)c1cc(N2CCOCC2)nc(Nc2ccccn2)c1C=N. The number of anilines is 3. The molecular weight excluding hydrogens is 318 g/mol. The molecule has 1 aliphatic heterocycles. The molecular formula is C18H23N5O2. The van der Waals surface area contributed by atoms with E-state index in [0.29, 0.717) is 36.0 Å². The van der Waals surface area contributed by atoms with E-state index in [9.17, 15) is 5.11 Å². The van der Waals surface area contributed by atoms with E-state index in [2.05, 4.69) is 15.2 Å². The maximum absolute atomic E-state index is 10.6. The molecule has 0 bridgehead atoms. The van der Waals surface area contributed by atoms with E-state index in [4.69, 9.17) is 15.1 Å². The van der Waals surface area contributed by atoms with Crippen LogP contribution < -0.4 is 10.2 Å². The van der Waals surface area contributed by atoms with E-state index < -0.39 is 5.60 Å². The lowest BCUT2D eigenvalue weighted by atomic mass is 9.94. The normalized spacial score (nSPS) is 15.1. The summed E-state index contributed by atoms with van der Waals surface area (Å²) in [5.74, 6) is 1.90. The summed E-state index contributed by atoms with van der Waals surface area (Å²) >= 11 is 0. The van der Waals surface area contributed by atoms with Gasteiger partial charge in [0.15, 0.2) is 0 Å². The van der Waals surface area contributed by atoms with Crippen LogP contribution in [-0.2, 0) is 10.3 Å². The van der Waals surface area contributed by atoms with Crippen LogP contribution in [0.2, 0.25) is 0 Å². The van der Waals surface area contributed by atoms with E-state index in [1.54, 1.807) is 20.0 Å². The predicted octanol–water partition coefficient (Wildman–Crippen LogP) is 2.28. The summed E-state index contributed by atoms with van der Waals surface area (Å²) < 4.78 is 5.41. The minimum Gasteiger partial charge on any atom is -0.386 e. The van der Waals surface area contributed by atoms with E-state index in [1.165, 1.54) is 6.21 Å². The van der Waals surface area contributed by atoms with Crippen molar-refractivity contribution in [2.45, 2.75) is 19.4 Å². The van der Waals surface area contributed by atoms with Crippen LogP contribution in [-0.4, -0.2) is 47.6 Å². The molecule has 3 heterocycles. The zero-order valence-electron chi connectivity index (χ0n) is 14.5. The van der Waals surface area contributed by atoms with Crippen molar-refractivity contribution in [3.63, 3.8) is 0 Å². The largest absolute Gasteiger partial charge is 0.386 e. The third-order valence-electron chi connectivity index (χ3n) is 4.09. The Kier molecular flexibility index (Phi) is 4.96. The Morgan fingerprint density at radius 3 is 2.68 bits per heavy atom. The van der Waals surface area contributed by atoms with Crippen LogP contribution in [0.1, 0.15) is 25.0 Å². The van der Waals surface area contributed by atoms with Crippen molar-refractivity contribution in [3.8, 4) is 0 Å². The summed E-state index contributed by atoms with van der Waals surface area (Å²) in [6, 6.07) is 7.40. The monoisotopic (exact) mass is 341 g/mol. The Hall–Kier alpha value is -2.51. The zero-order valence-corrected chi connectivity index (χ0v) is 14.5. The lowest BCUT2D eigenvalue weighted by molar-refractivity contribution is 0.0784. The maximum atomic E-state index is 10.6. The molecule has 2 aromatic rings. The number of ether oxygens (including phenoxy) is 1. The van der Waals surface area contributed by atoms with Gasteiger partial charge < -0.3 is 25.5 Å². The Morgan fingerprint density at radius 2 is 2.08 bits per heavy atom. The van der Waals surface area contributed by atoms with Gasteiger partial charge in [0.25, 0.3) is 0 Å². The van der Waals surface area contributed by atoms with E-state index in [0.717, 1.165) is 18.9 Å². The van der Waals surface area contributed by atoms with Gasteiger partial charge >= 0.3 is 0 Å². The topological polar surface area (TPSA) is 94.4 Å². The van der Waals surface area contributed by atoms with Gasteiger partial charge in [-0.3, -0.25) is 0 Å². The number of rotatable bonds is 5. The minimum absolute atomic E-state index is 0.509. The van der Waals surface area contributed by atoms with Crippen LogP contribution in [0, 0.1) is 5.41 Å². The highest BCUT2D eigenvalue weighted by Crippen LogP contribution is 2.32. The fourth-order valence-corrected chi connectivity index (χ4v) is 2.80. The van der Waals surface area contributed by atoms with Gasteiger partial charge in [-0.05, 0) is 37.6 Å². The quantitative estimate of drug-likeness (QED) is 0.722. The second-order valence-corrected chi connectivity index (χ2v) is 6.43. The smallest absolute Gasteiger partial charge is 0.143 e. The fraction of sp³-hybridized carbons (Fsp3) is 0.389. The third kappa shape index (κ3) is 3.94. The summed E-state index contributed by atoms with van der Waals surface area (Å²) in [6.07, 6.45) is 2.91. The van der Waals surface area contributed by atoms with Crippen LogP contribution in [0.4, 0.5) is 17.5 Å². The average Bonchev–Trinajstić information content (AvgIpc) is 2.62. The Morgan fingerprint density at radius 1 is 1.32 bits per heavy atom. The summed E-state index contributed by atoms with van der Waals surface area (Å²) in [5, 5.41) is 21.6. The van der Waals surface area contributed by atoms with Gasteiger partial charge in [-0.2, -0.15) is 0 Å². The van der Waals surface area contributed by atoms with Crippen molar-refractivity contribution in [2.24, 2.45) is 0 Å². The fourth-order valence-electron chi connectivity index (χ4n) is 2.80. The standard InChI is InChI=1S/C18H23N5O2/c1-18(2,24)14-11-16(23-7-9-25-10-8-23)22-17(13(14)12-19)21-15-5-3-4-6-20-15/h3-6,11-12,19,24H,7-10H2,1-2H3,(H,20,21,22). The lowest BCUT2D eigenvalue weighted by Crippen LogP contribution is -2.37. The molecule has 3 rings (SSSR count). The number of hydrogen-bond acceptors (Lipinski definition) is 7. The molecule has 0 aliphatic carbocycles. The highest BCUT2D eigenvalue weighted by molar-refractivity contribution is 5.89. The highest BCUT2D eigenvalue weighted by Gasteiger charge is 2.25. The molecule has 1 fully saturated rings. The second-order valence-electron chi connectivity index (χ2n) is 6.43. The number of nitrogens with one attached hydrogen (secondary N) is 2. The first-order chi connectivity index (χ1) is 12.0. The summed E-state index contributed by atoms with van der Waals surface area (Å²) in [7, 11) is 0. The van der Waals surface area contributed by atoms with Gasteiger partial charge in [-0.1, -0.05) is 6.07 Å². The highest BCUT2D eigenvalue weighted by atomic mass is 16.5. The molecule has 1 aliphatic rings. The molecule has 0 aromatic carbocycles. The molecule has 3 N–H and O–H groups in total. The summed E-state index contributed by atoms with van der Waals surface area (Å²) in [4.78, 5) is 11.1. The van der Waals surface area contributed by atoms with Crippen molar-refractivity contribution >= 4 is 23.7 Å². The first kappa shape index (κ1) is 17.3. The van der Waals surface area contributed by atoms with Crippen molar-refractivity contribution in [2.75, 3.05) is 36.5 Å². The molecule has 0 spiro atoms. The van der Waals surface area contributed by atoms with E-state index >= 15 is 0 Å². The summed E-state index contributed by atoms with van der Waals surface area (Å²) in [5.41, 5.74) is 0.102. The Labute approximate surface area is 147 Å². The van der Waals surface area contributed by atoms with Crippen LogP contribution in [0.25, 0.3) is 0 Å². The molecule has 7 nitrogen and oxygen atoms in total. The van der Waals surface area contributed by atoms with Crippen molar-refractivity contribution in [1.29, 1.82) is 5.41 Å². The molecule has 0 atom stereocenters. The van der Waals surface area contributed by atoms with Gasteiger partial charge in [0.1, 0.15) is 17.5 Å². The maximum Gasteiger partial charge on any atom is 0.143 e. The molecule has 2 aromatic heterocycles. The number of aliphatic hydroxyl groups is 1. The van der Waals surface area contributed by atoms with Gasteiger partial charge in [-0.25, -0.2) is 9.97 Å². The van der Waals surface area contributed by atoms with Crippen molar-refractivity contribution in [1.82, 2.24) is 9.97 Å². The van der Waals surface area contributed by atoms with Gasteiger partial charge in [-0.15, -0.1) is 0 Å². The van der Waals surface area contributed by atoms with Crippen molar-refractivity contribution < 1.29 is 9.84 Å². The zero-order chi connectivity index (χ0) is 17.9. The predicted molar refractivity (Wildman–Crippen MR) is 97.9 cm³/mol. The first-order valence-electron chi connectivity index (χ1n) is 8.28. The van der Waals surface area contributed by atoms with Crippen LogP contribution in [0.3, 0.4) is 0 Å². The van der Waals surface area contributed by atoms with Gasteiger partial charge in [0.2, 0.25) is 0 Å². The van der Waals surface area contributed by atoms with Crippen LogP contribution >= 0.6 is 0 Å². The van der Waals surface area contributed by atoms with Crippen LogP contribution in [0.5, 0.6) is 0 Å². The second kappa shape index (κ2) is 7.16.